The molecular weight excluding hydrogens is 308 g/mol. The molecule has 1 aromatic carbocycles. The van der Waals surface area contributed by atoms with Crippen molar-refractivity contribution in [1.82, 2.24) is 4.90 Å². The summed E-state index contributed by atoms with van der Waals surface area (Å²) in [4.78, 5) is 2.54. The Morgan fingerprint density at radius 3 is 2.33 bits per heavy atom. The monoisotopic (exact) mass is 328 g/mol. The van der Waals surface area contributed by atoms with E-state index in [-0.39, 0.29) is 0 Å². The molecule has 0 aromatic heterocycles. The average Bonchev–Trinajstić information content (AvgIpc) is 2.31. The largest absolute Gasteiger partial charge is 0.329 e. The molecule has 0 spiro atoms. The summed E-state index contributed by atoms with van der Waals surface area (Å²) in [5.74, 6) is 0. The summed E-state index contributed by atoms with van der Waals surface area (Å²) < 4.78 is 1.12. The smallest absolute Gasteiger partial charge is 0.0471 e. The van der Waals surface area contributed by atoms with E-state index in [0.29, 0.717) is 23.1 Å². The van der Waals surface area contributed by atoms with Crippen LogP contribution in [0.25, 0.3) is 0 Å². The molecule has 3 unspecified atom stereocenters. The zero-order valence-corrected chi connectivity index (χ0v) is 13.4. The lowest BCUT2D eigenvalue weighted by Crippen LogP contribution is -2.44. The second-order valence-corrected chi connectivity index (χ2v) is 7.81. The second-order valence-electron chi connectivity index (χ2n) is 5.01. The molecule has 1 aromatic rings. The van der Waals surface area contributed by atoms with E-state index in [1.807, 2.05) is 0 Å². The molecule has 1 heterocycles. The number of hydrogen-bond acceptors (Lipinski definition) is 3. The van der Waals surface area contributed by atoms with Crippen LogP contribution in [0.15, 0.2) is 28.7 Å². The van der Waals surface area contributed by atoms with E-state index in [2.05, 4.69) is 70.7 Å². The predicted molar refractivity (Wildman–Crippen MR) is 84.0 cm³/mol. The summed E-state index contributed by atoms with van der Waals surface area (Å²) in [5, 5.41) is 1.39. The summed E-state index contributed by atoms with van der Waals surface area (Å²) in [6.07, 6.45) is 0. The van der Waals surface area contributed by atoms with Crippen LogP contribution >= 0.6 is 27.7 Å². The minimum absolute atomic E-state index is 0.351. The van der Waals surface area contributed by atoms with Crippen molar-refractivity contribution in [2.75, 3.05) is 19.6 Å². The van der Waals surface area contributed by atoms with Crippen molar-refractivity contribution in [2.24, 2.45) is 5.73 Å². The van der Waals surface area contributed by atoms with Gasteiger partial charge in [-0.05, 0) is 17.7 Å². The van der Waals surface area contributed by atoms with E-state index >= 15 is 0 Å². The number of benzene rings is 1. The maximum absolute atomic E-state index is 6.00. The quantitative estimate of drug-likeness (QED) is 0.923. The van der Waals surface area contributed by atoms with Gasteiger partial charge in [0.15, 0.2) is 0 Å². The van der Waals surface area contributed by atoms with Crippen LogP contribution in [-0.2, 0) is 0 Å². The molecule has 0 radical (unpaired) electrons. The fourth-order valence-electron chi connectivity index (χ4n) is 2.65. The van der Waals surface area contributed by atoms with Crippen molar-refractivity contribution < 1.29 is 0 Å². The Bertz CT molecular complexity index is 372. The van der Waals surface area contributed by atoms with Gasteiger partial charge in [-0.2, -0.15) is 11.8 Å². The van der Waals surface area contributed by atoms with E-state index in [1.54, 1.807) is 0 Å². The van der Waals surface area contributed by atoms with Gasteiger partial charge in [0.2, 0.25) is 0 Å². The fraction of sp³-hybridized carbons (Fsp3) is 0.571. The summed E-state index contributed by atoms with van der Waals surface area (Å²) in [5.41, 5.74) is 7.33. The SMILES string of the molecule is CC1CN(C(CN)c2ccc(Br)cc2)CC(C)S1. The number of rotatable bonds is 3. The van der Waals surface area contributed by atoms with Crippen LogP contribution in [-0.4, -0.2) is 35.0 Å². The first-order valence-electron chi connectivity index (χ1n) is 6.45. The lowest BCUT2D eigenvalue weighted by atomic mass is 10.0. The van der Waals surface area contributed by atoms with E-state index in [1.165, 1.54) is 5.56 Å². The van der Waals surface area contributed by atoms with E-state index in [0.717, 1.165) is 17.6 Å². The zero-order valence-electron chi connectivity index (χ0n) is 11.0. The molecule has 1 fully saturated rings. The Hall–Kier alpha value is -0.0300. The van der Waals surface area contributed by atoms with Crippen molar-refractivity contribution >= 4 is 27.7 Å². The zero-order chi connectivity index (χ0) is 13.1. The third kappa shape index (κ3) is 3.50. The van der Waals surface area contributed by atoms with Gasteiger partial charge in [-0.1, -0.05) is 41.9 Å². The highest BCUT2D eigenvalue weighted by atomic mass is 79.9. The van der Waals surface area contributed by atoms with Gasteiger partial charge in [0.05, 0.1) is 0 Å². The second kappa shape index (κ2) is 6.42. The number of nitrogens with zero attached hydrogens (tertiary/aromatic N) is 1. The van der Waals surface area contributed by atoms with Crippen molar-refractivity contribution in [2.45, 2.75) is 30.4 Å². The Balaban J connectivity index is 2.14. The molecule has 1 saturated heterocycles. The Morgan fingerprint density at radius 2 is 1.83 bits per heavy atom. The summed E-state index contributed by atoms with van der Waals surface area (Å²) in [6.45, 7) is 7.57. The summed E-state index contributed by atoms with van der Waals surface area (Å²) in [7, 11) is 0. The van der Waals surface area contributed by atoms with Crippen LogP contribution in [0.3, 0.4) is 0 Å². The highest BCUT2D eigenvalue weighted by Gasteiger charge is 2.27. The minimum atomic E-state index is 0.351. The maximum atomic E-state index is 6.00. The van der Waals surface area contributed by atoms with Crippen molar-refractivity contribution in [3.05, 3.63) is 34.3 Å². The molecule has 18 heavy (non-hydrogen) atoms. The standard InChI is InChI=1S/C14H21BrN2S/c1-10-8-17(9-11(2)18-10)14(7-16)12-3-5-13(15)6-4-12/h3-6,10-11,14H,7-9,16H2,1-2H3. The summed E-state index contributed by atoms with van der Waals surface area (Å²) in [6, 6.07) is 8.91. The highest BCUT2D eigenvalue weighted by Crippen LogP contribution is 2.31. The van der Waals surface area contributed by atoms with Crippen LogP contribution in [0.4, 0.5) is 0 Å². The Labute approximate surface area is 122 Å². The average molecular weight is 329 g/mol. The number of hydrogen-bond donors (Lipinski definition) is 1. The Kier molecular flexibility index (Phi) is 5.13. The van der Waals surface area contributed by atoms with Gasteiger partial charge in [0.1, 0.15) is 0 Å². The van der Waals surface area contributed by atoms with Gasteiger partial charge in [-0.3, -0.25) is 4.90 Å². The third-order valence-electron chi connectivity index (χ3n) is 3.37. The molecule has 4 heteroatoms. The van der Waals surface area contributed by atoms with Crippen LogP contribution in [0.5, 0.6) is 0 Å². The first-order chi connectivity index (χ1) is 8.60. The number of halogens is 1. The number of nitrogens with two attached hydrogens (primary N) is 1. The molecule has 2 rings (SSSR count). The van der Waals surface area contributed by atoms with E-state index < -0.39 is 0 Å². The first kappa shape index (κ1) is 14.4. The lowest BCUT2D eigenvalue weighted by Gasteiger charge is -2.39. The van der Waals surface area contributed by atoms with Gasteiger partial charge in [0.25, 0.3) is 0 Å². The molecule has 0 bridgehead atoms. The Morgan fingerprint density at radius 1 is 1.28 bits per heavy atom. The van der Waals surface area contributed by atoms with Crippen molar-refractivity contribution in [1.29, 1.82) is 0 Å². The molecule has 1 aliphatic rings. The molecule has 2 nitrogen and oxygen atoms in total. The van der Waals surface area contributed by atoms with Crippen LogP contribution in [0.2, 0.25) is 0 Å². The van der Waals surface area contributed by atoms with E-state index in [9.17, 15) is 0 Å². The molecule has 3 atom stereocenters. The topological polar surface area (TPSA) is 29.3 Å². The minimum Gasteiger partial charge on any atom is -0.329 e. The van der Waals surface area contributed by atoms with Gasteiger partial charge in [-0.25, -0.2) is 0 Å². The highest BCUT2D eigenvalue weighted by molar-refractivity contribution is 9.10. The normalized spacial score (nSPS) is 27.1. The van der Waals surface area contributed by atoms with Crippen LogP contribution < -0.4 is 5.73 Å². The van der Waals surface area contributed by atoms with Gasteiger partial charge >= 0.3 is 0 Å². The molecule has 100 valence electrons. The van der Waals surface area contributed by atoms with Gasteiger partial charge in [-0.15, -0.1) is 0 Å². The molecule has 0 saturated carbocycles. The van der Waals surface area contributed by atoms with E-state index in [4.69, 9.17) is 5.73 Å². The molecule has 1 aliphatic heterocycles. The van der Waals surface area contributed by atoms with Crippen molar-refractivity contribution in [3.63, 3.8) is 0 Å². The predicted octanol–water partition coefficient (Wildman–Crippen LogP) is 3.27. The molecular formula is C14H21BrN2S. The van der Waals surface area contributed by atoms with Crippen LogP contribution in [0.1, 0.15) is 25.5 Å². The maximum Gasteiger partial charge on any atom is 0.0471 e. The van der Waals surface area contributed by atoms with Gasteiger partial charge < -0.3 is 5.73 Å². The van der Waals surface area contributed by atoms with Crippen molar-refractivity contribution in [3.8, 4) is 0 Å². The van der Waals surface area contributed by atoms with Crippen LogP contribution in [0, 0.1) is 0 Å². The fourth-order valence-corrected chi connectivity index (χ4v) is 4.27. The molecule has 2 N–H and O–H groups in total. The molecule has 0 amide bonds. The number of thioether (sulfide) groups is 1. The first-order valence-corrected chi connectivity index (χ1v) is 8.18. The lowest BCUT2D eigenvalue weighted by molar-refractivity contribution is 0.199. The van der Waals surface area contributed by atoms with Gasteiger partial charge in [0, 0.05) is 40.6 Å². The third-order valence-corrected chi connectivity index (χ3v) is 5.12. The summed E-state index contributed by atoms with van der Waals surface area (Å²) >= 11 is 5.56. The molecule has 0 aliphatic carbocycles.